The zero-order chi connectivity index (χ0) is 14.4. The molecule has 1 atom stereocenters. The van der Waals surface area contributed by atoms with Crippen molar-refractivity contribution in [3.8, 4) is 5.75 Å². The molecule has 110 valence electrons. The number of amides is 1. The lowest BCUT2D eigenvalue weighted by Gasteiger charge is -2.32. The van der Waals surface area contributed by atoms with Gasteiger partial charge < -0.3 is 19.5 Å². The highest BCUT2D eigenvalue weighted by Gasteiger charge is 2.23. The number of rotatable bonds is 5. The van der Waals surface area contributed by atoms with E-state index in [9.17, 15) is 4.79 Å². The van der Waals surface area contributed by atoms with E-state index in [-0.39, 0.29) is 31.6 Å². The van der Waals surface area contributed by atoms with Gasteiger partial charge in [0.05, 0.1) is 37.4 Å². The first-order chi connectivity index (χ1) is 9.70. The van der Waals surface area contributed by atoms with Crippen LogP contribution in [0.2, 0.25) is 5.02 Å². The highest BCUT2D eigenvalue weighted by Crippen LogP contribution is 2.23. The van der Waals surface area contributed by atoms with Gasteiger partial charge in [-0.3, -0.25) is 4.79 Å². The van der Waals surface area contributed by atoms with Gasteiger partial charge in [-0.05, 0) is 12.1 Å². The lowest BCUT2D eigenvalue weighted by Crippen LogP contribution is -2.47. The number of hydrogen-bond acceptors (Lipinski definition) is 4. The Morgan fingerprint density at radius 3 is 3.05 bits per heavy atom. The van der Waals surface area contributed by atoms with E-state index in [1.165, 1.54) is 0 Å². The van der Waals surface area contributed by atoms with Crippen molar-refractivity contribution in [2.45, 2.75) is 12.5 Å². The standard InChI is InChI=1S/C14H18ClNO4/c15-12-3-1-2-4-13(12)20-7-5-14(18)16-6-8-19-11(9-16)10-17/h1-4,11,17H,5-10H2. The Bertz CT molecular complexity index is 455. The number of carbonyl (C=O) groups excluding carboxylic acids is 1. The summed E-state index contributed by atoms with van der Waals surface area (Å²) in [5.74, 6) is 0.580. The molecule has 1 unspecified atom stereocenters. The Balaban J connectivity index is 1.76. The SMILES string of the molecule is O=C(CCOc1ccccc1Cl)N1CCOC(CO)C1. The number of ether oxygens (including phenoxy) is 2. The number of aliphatic hydroxyl groups excluding tert-OH is 1. The molecule has 0 radical (unpaired) electrons. The minimum absolute atomic E-state index is 0.00111. The molecule has 1 saturated heterocycles. The van der Waals surface area contributed by atoms with E-state index >= 15 is 0 Å². The molecule has 1 N–H and O–H groups in total. The fraction of sp³-hybridized carbons (Fsp3) is 0.500. The van der Waals surface area contributed by atoms with Crippen molar-refractivity contribution < 1.29 is 19.4 Å². The number of benzene rings is 1. The molecule has 1 aromatic rings. The third-order valence-electron chi connectivity index (χ3n) is 3.11. The van der Waals surface area contributed by atoms with E-state index in [1.54, 1.807) is 17.0 Å². The molecule has 0 aromatic heterocycles. The maximum Gasteiger partial charge on any atom is 0.226 e. The zero-order valence-electron chi connectivity index (χ0n) is 11.1. The second kappa shape index (κ2) is 7.47. The van der Waals surface area contributed by atoms with Crippen LogP contribution in [-0.2, 0) is 9.53 Å². The van der Waals surface area contributed by atoms with Crippen molar-refractivity contribution in [1.29, 1.82) is 0 Å². The molecule has 2 rings (SSSR count). The summed E-state index contributed by atoms with van der Waals surface area (Å²) >= 11 is 5.96. The molecule has 1 amide bonds. The molecular formula is C14H18ClNO4. The number of morpholine rings is 1. The Hall–Kier alpha value is -1.30. The van der Waals surface area contributed by atoms with Crippen LogP contribution >= 0.6 is 11.6 Å². The maximum absolute atomic E-state index is 12.0. The number of carbonyl (C=O) groups is 1. The largest absolute Gasteiger partial charge is 0.491 e. The summed E-state index contributed by atoms with van der Waals surface area (Å²) < 4.78 is 10.8. The number of nitrogens with zero attached hydrogens (tertiary/aromatic N) is 1. The molecular weight excluding hydrogens is 282 g/mol. The van der Waals surface area contributed by atoms with Crippen molar-refractivity contribution in [2.75, 3.05) is 32.9 Å². The van der Waals surface area contributed by atoms with E-state index < -0.39 is 0 Å². The van der Waals surface area contributed by atoms with Gasteiger partial charge in [0.1, 0.15) is 5.75 Å². The van der Waals surface area contributed by atoms with Gasteiger partial charge in [0, 0.05) is 13.1 Å². The van der Waals surface area contributed by atoms with Gasteiger partial charge >= 0.3 is 0 Å². The first kappa shape index (κ1) is 15.1. The molecule has 6 heteroatoms. The second-order valence-electron chi connectivity index (χ2n) is 4.54. The van der Waals surface area contributed by atoms with E-state index in [0.717, 1.165) is 0 Å². The Morgan fingerprint density at radius 1 is 1.50 bits per heavy atom. The van der Waals surface area contributed by atoms with Crippen LogP contribution in [0.25, 0.3) is 0 Å². The Morgan fingerprint density at radius 2 is 2.30 bits per heavy atom. The normalized spacial score (nSPS) is 18.9. The van der Waals surface area contributed by atoms with Crippen LogP contribution in [0.15, 0.2) is 24.3 Å². The van der Waals surface area contributed by atoms with Crippen LogP contribution in [0, 0.1) is 0 Å². The summed E-state index contributed by atoms with van der Waals surface area (Å²) in [6, 6.07) is 7.16. The summed E-state index contributed by atoms with van der Waals surface area (Å²) in [7, 11) is 0. The lowest BCUT2D eigenvalue weighted by molar-refractivity contribution is -0.140. The average molecular weight is 300 g/mol. The van der Waals surface area contributed by atoms with Gasteiger partial charge in [-0.15, -0.1) is 0 Å². The highest BCUT2D eigenvalue weighted by atomic mass is 35.5. The van der Waals surface area contributed by atoms with E-state index in [0.29, 0.717) is 30.5 Å². The van der Waals surface area contributed by atoms with Crippen molar-refractivity contribution >= 4 is 17.5 Å². The molecule has 1 aliphatic heterocycles. The molecule has 20 heavy (non-hydrogen) atoms. The predicted molar refractivity (Wildman–Crippen MR) is 75.0 cm³/mol. The number of hydrogen-bond donors (Lipinski definition) is 1. The Kier molecular flexibility index (Phi) is 5.64. The molecule has 0 bridgehead atoms. The van der Waals surface area contributed by atoms with Crippen LogP contribution in [0.3, 0.4) is 0 Å². The number of halogens is 1. The van der Waals surface area contributed by atoms with Crippen molar-refractivity contribution in [3.63, 3.8) is 0 Å². The number of para-hydroxylation sites is 1. The van der Waals surface area contributed by atoms with Gasteiger partial charge in [0.15, 0.2) is 0 Å². The minimum atomic E-state index is -0.280. The topological polar surface area (TPSA) is 59.0 Å². The average Bonchev–Trinajstić information content (AvgIpc) is 2.49. The fourth-order valence-corrected chi connectivity index (χ4v) is 2.21. The third kappa shape index (κ3) is 4.10. The van der Waals surface area contributed by atoms with E-state index in [1.807, 2.05) is 12.1 Å². The van der Waals surface area contributed by atoms with Gasteiger partial charge in [-0.25, -0.2) is 0 Å². The molecule has 5 nitrogen and oxygen atoms in total. The summed E-state index contributed by atoms with van der Waals surface area (Å²) in [5, 5.41) is 9.58. The van der Waals surface area contributed by atoms with Crippen molar-refractivity contribution in [3.05, 3.63) is 29.3 Å². The molecule has 0 saturated carbocycles. The maximum atomic E-state index is 12.0. The first-order valence-electron chi connectivity index (χ1n) is 6.58. The third-order valence-corrected chi connectivity index (χ3v) is 3.42. The molecule has 1 fully saturated rings. The van der Waals surface area contributed by atoms with Gasteiger partial charge in [0.25, 0.3) is 0 Å². The fourth-order valence-electron chi connectivity index (χ4n) is 2.02. The van der Waals surface area contributed by atoms with Crippen molar-refractivity contribution in [2.24, 2.45) is 0 Å². The van der Waals surface area contributed by atoms with Gasteiger partial charge in [-0.2, -0.15) is 0 Å². The molecule has 1 aliphatic rings. The quantitative estimate of drug-likeness (QED) is 0.891. The summed E-state index contributed by atoms with van der Waals surface area (Å²) in [4.78, 5) is 13.7. The summed E-state index contributed by atoms with van der Waals surface area (Å²) in [6.45, 7) is 1.66. The monoisotopic (exact) mass is 299 g/mol. The summed E-state index contributed by atoms with van der Waals surface area (Å²) in [5.41, 5.74) is 0. The Labute approximate surface area is 123 Å². The van der Waals surface area contributed by atoms with Crippen molar-refractivity contribution in [1.82, 2.24) is 4.90 Å². The zero-order valence-corrected chi connectivity index (χ0v) is 11.9. The predicted octanol–water partition coefficient (Wildman–Crippen LogP) is 1.33. The van der Waals surface area contributed by atoms with Crippen LogP contribution in [-0.4, -0.2) is 54.9 Å². The van der Waals surface area contributed by atoms with Crippen LogP contribution in [0.1, 0.15) is 6.42 Å². The first-order valence-corrected chi connectivity index (χ1v) is 6.96. The van der Waals surface area contributed by atoms with Crippen LogP contribution in [0.4, 0.5) is 0 Å². The second-order valence-corrected chi connectivity index (χ2v) is 4.95. The molecule has 1 aromatic carbocycles. The minimum Gasteiger partial charge on any atom is -0.491 e. The molecule has 0 aliphatic carbocycles. The van der Waals surface area contributed by atoms with E-state index in [2.05, 4.69) is 0 Å². The molecule has 0 spiro atoms. The number of aliphatic hydroxyl groups is 1. The van der Waals surface area contributed by atoms with Crippen LogP contribution < -0.4 is 4.74 Å². The van der Waals surface area contributed by atoms with E-state index in [4.69, 9.17) is 26.2 Å². The van der Waals surface area contributed by atoms with Gasteiger partial charge in [0.2, 0.25) is 5.91 Å². The van der Waals surface area contributed by atoms with Gasteiger partial charge in [-0.1, -0.05) is 23.7 Å². The summed E-state index contributed by atoms with van der Waals surface area (Å²) in [6.07, 6.45) is 0.000740. The van der Waals surface area contributed by atoms with Crippen LogP contribution in [0.5, 0.6) is 5.75 Å². The lowest BCUT2D eigenvalue weighted by atomic mass is 10.2. The highest BCUT2D eigenvalue weighted by molar-refractivity contribution is 6.32. The molecule has 1 heterocycles. The smallest absolute Gasteiger partial charge is 0.226 e.